The number of aryl methyl sites for hydroxylation is 1. The van der Waals surface area contributed by atoms with Gasteiger partial charge in [-0.2, -0.15) is 0 Å². The number of rotatable bonds is 1. The quantitative estimate of drug-likeness (QED) is 0.664. The van der Waals surface area contributed by atoms with Gasteiger partial charge < -0.3 is 15.2 Å². The second-order valence-corrected chi connectivity index (χ2v) is 3.58. The van der Waals surface area contributed by atoms with Crippen molar-refractivity contribution >= 4 is 5.69 Å². The summed E-state index contributed by atoms with van der Waals surface area (Å²) < 4.78 is 0. The molecule has 0 saturated carbocycles. The SMILES string of the molecule is Cc1cc[nH]c(=O)c1N1CCNCC1. The van der Waals surface area contributed by atoms with Crippen molar-refractivity contribution in [3.8, 4) is 0 Å². The Morgan fingerprint density at radius 3 is 2.71 bits per heavy atom. The average molecular weight is 193 g/mol. The molecule has 2 heterocycles. The first-order chi connectivity index (χ1) is 6.79. The molecular formula is C10H15N3O. The van der Waals surface area contributed by atoms with Crippen LogP contribution in [0.3, 0.4) is 0 Å². The fourth-order valence-corrected chi connectivity index (χ4v) is 1.85. The van der Waals surface area contributed by atoms with Crippen LogP contribution in [-0.4, -0.2) is 31.2 Å². The summed E-state index contributed by atoms with van der Waals surface area (Å²) in [6.07, 6.45) is 1.70. The summed E-state index contributed by atoms with van der Waals surface area (Å²) in [5.74, 6) is 0. The molecule has 4 nitrogen and oxygen atoms in total. The van der Waals surface area contributed by atoms with Crippen LogP contribution in [-0.2, 0) is 0 Å². The molecule has 0 radical (unpaired) electrons. The Morgan fingerprint density at radius 2 is 2.07 bits per heavy atom. The first-order valence-corrected chi connectivity index (χ1v) is 4.93. The van der Waals surface area contributed by atoms with Crippen LogP contribution in [0.5, 0.6) is 0 Å². The molecule has 1 aromatic rings. The lowest BCUT2D eigenvalue weighted by Crippen LogP contribution is -2.45. The fourth-order valence-electron chi connectivity index (χ4n) is 1.85. The fraction of sp³-hybridized carbons (Fsp3) is 0.500. The maximum Gasteiger partial charge on any atom is 0.271 e. The van der Waals surface area contributed by atoms with Gasteiger partial charge in [-0.3, -0.25) is 4.79 Å². The third-order valence-corrected chi connectivity index (χ3v) is 2.57. The van der Waals surface area contributed by atoms with Gasteiger partial charge in [0, 0.05) is 32.4 Å². The van der Waals surface area contributed by atoms with Crippen LogP contribution in [0.4, 0.5) is 5.69 Å². The number of H-pyrrole nitrogens is 1. The van der Waals surface area contributed by atoms with Gasteiger partial charge in [0.1, 0.15) is 5.69 Å². The minimum Gasteiger partial charge on any atom is -0.364 e. The lowest BCUT2D eigenvalue weighted by molar-refractivity contribution is 0.586. The number of aromatic amines is 1. The Kier molecular flexibility index (Phi) is 2.54. The molecule has 0 aromatic carbocycles. The molecule has 1 aromatic heterocycles. The summed E-state index contributed by atoms with van der Waals surface area (Å²) in [4.78, 5) is 16.5. The molecule has 76 valence electrons. The predicted molar refractivity (Wildman–Crippen MR) is 56.9 cm³/mol. The van der Waals surface area contributed by atoms with E-state index in [4.69, 9.17) is 0 Å². The van der Waals surface area contributed by atoms with E-state index in [1.807, 2.05) is 13.0 Å². The van der Waals surface area contributed by atoms with E-state index in [1.54, 1.807) is 6.20 Å². The Morgan fingerprint density at radius 1 is 1.36 bits per heavy atom. The van der Waals surface area contributed by atoms with E-state index in [-0.39, 0.29) is 5.56 Å². The molecule has 1 fully saturated rings. The van der Waals surface area contributed by atoms with Gasteiger partial charge in [0.2, 0.25) is 0 Å². The minimum absolute atomic E-state index is 0.0203. The Labute approximate surface area is 82.9 Å². The van der Waals surface area contributed by atoms with Gasteiger partial charge in [-0.15, -0.1) is 0 Å². The monoisotopic (exact) mass is 193 g/mol. The number of hydrogen-bond acceptors (Lipinski definition) is 3. The number of nitrogens with zero attached hydrogens (tertiary/aromatic N) is 1. The standard InChI is InChI=1S/C10H15N3O/c1-8-2-3-12-10(14)9(8)13-6-4-11-5-7-13/h2-3,11H,4-7H2,1H3,(H,12,14). The Balaban J connectivity index is 2.34. The third kappa shape index (κ3) is 1.65. The van der Waals surface area contributed by atoms with Crippen molar-refractivity contribution in [3.05, 3.63) is 28.2 Å². The molecule has 0 bridgehead atoms. The zero-order valence-electron chi connectivity index (χ0n) is 8.34. The number of piperazine rings is 1. The molecule has 0 spiro atoms. The lowest BCUT2D eigenvalue weighted by atomic mass is 10.2. The predicted octanol–water partition coefficient (Wildman–Crippen LogP) is 0.0929. The van der Waals surface area contributed by atoms with Crippen molar-refractivity contribution in [1.29, 1.82) is 0 Å². The van der Waals surface area contributed by atoms with Crippen molar-refractivity contribution in [1.82, 2.24) is 10.3 Å². The minimum atomic E-state index is 0.0203. The van der Waals surface area contributed by atoms with E-state index in [1.165, 1.54) is 0 Å². The van der Waals surface area contributed by atoms with Gasteiger partial charge in [-0.05, 0) is 18.6 Å². The number of anilines is 1. The first-order valence-electron chi connectivity index (χ1n) is 4.93. The molecule has 0 unspecified atom stereocenters. The Bertz CT molecular complexity index is 366. The maximum atomic E-state index is 11.6. The number of hydrogen-bond donors (Lipinski definition) is 2. The maximum absolute atomic E-state index is 11.6. The first kappa shape index (κ1) is 9.27. The molecule has 14 heavy (non-hydrogen) atoms. The summed E-state index contributed by atoms with van der Waals surface area (Å²) in [6.45, 7) is 5.70. The highest BCUT2D eigenvalue weighted by Crippen LogP contribution is 2.13. The Hall–Kier alpha value is -1.29. The van der Waals surface area contributed by atoms with Gasteiger partial charge >= 0.3 is 0 Å². The average Bonchev–Trinajstić information content (AvgIpc) is 2.19. The molecule has 0 amide bonds. The van der Waals surface area contributed by atoms with Crippen LogP contribution in [0, 0.1) is 6.92 Å². The zero-order chi connectivity index (χ0) is 9.97. The topological polar surface area (TPSA) is 48.1 Å². The van der Waals surface area contributed by atoms with Gasteiger partial charge in [-0.1, -0.05) is 0 Å². The van der Waals surface area contributed by atoms with Gasteiger partial charge in [0.15, 0.2) is 0 Å². The van der Waals surface area contributed by atoms with Crippen LogP contribution in [0.2, 0.25) is 0 Å². The van der Waals surface area contributed by atoms with Crippen LogP contribution >= 0.6 is 0 Å². The van der Waals surface area contributed by atoms with Crippen molar-refractivity contribution in [2.24, 2.45) is 0 Å². The second kappa shape index (κ2) is 3.84. The zero-order valence-corrected chi connectivity index (χ0v) is 8.34. The van der Waals surface area contributed by atoms with E-state index < -0.39 is 0 Å². The summed E-state index contributed by atoms with van der Waals surface area (Å²) in [7, 11) is 0. The molecule has 0 atom stereocenters. The summed E-state index contributed by atoms with van der Waals surface area (Å²) in [6, 6.07) is 1.94. The molecule has 0 aliphatic carbocycles. The highest BCUT2D eigenvalue weighted by atomic mass is 16.1. The van der Waals surface area contributed by atoms with Crippen molar-refractivity contribution in [2.75, 3.05) is 31.1 Å². The molecule has 2 N–H and O–H groups in total. The van der Waals surface area contributed by atoms with E-state index in [0.717, 1.165) is 37.4 Å². The lowest BCUT2D eigenvalue weighted by Gasteiger charge is -2.29. The van der Waals surface area contributed by atoms with Crippen molar-refractivity contribution in [2.45, 2.75) is 6.92 Å². The van der Waals surface area contributed by atoms with Crippen LogP contribution in [0.1, 0.15) is 5.56 Å². The van der Waals surface area contributed by atoms with Crippen LogP contribution in [0.15, 0.2) is 17.1 Å². The normalized spacial score (nSPS) is 17.1. The van der Waals surface area contributed by atoms with Crippen LogP contribution in [0.25, 0.3) is 0 Å². The van der Waals surface area contributed by atoms with Gasteiger partial charge in [0.25, 0.3) is 5.56 Å². The highest BCUT2D eigenvalue weighted by Gasteiger charge is 2.14. The van der Waals surface area contributed by atoms with E-state index in [2.05, 4.69) is 15.2 Å². The largest absolute Gasteiger partial charge is 0.364 e. The highest BCUT2D eigenvalue weighted by molar-refractivity contribution is 5.51. The summed E-state index contributed by atoms with van der Waals surface area (Å²) in [5, 5.41) is 3.27. The van der Waals surface area contributed by atoms with E-state index >= 15 is 0 Å². The molecular weight excluding hydrogens is 178 g/mol. The second-order valence-electron chi connectivity index (χ2n) is 3.58. The van der Waals surface area contributed by atoms with Crippen molar-refractivity contribution < 1.29 is 0 Å². The number of aromatic nitrogens is 1. The third-order valence-electron chi connectivity index (χ3n) is 2.57. The van der Waals surface area contributed by atoms with E-state index in [9.17, 15) is 4.79 Å². The molecule has 1 aliphatic heterocycles. The number of pyridine rings is 1. The molecule has 2 rings (SSSR count). The molecule has 1 saturated heterocycles. The number of nitrogens with one attached hydrogen (secondary N) is 2. The molecule has 1 aliphatic rings. The summed E-state index contributed by atoms with van der Waals surface area (Å²) in [5.41, 5.74) is 1.90. The van der Waals surface area contributed by atoms with Gasteiger partial charge in [0.05, 0.1) is 0 Å². The van der Waals surface area contributed by atoms with Gasteiger partial charge in [-0.25, -0.2) is 0 Å². The summed E-state index contributed by atoms with van der Waals surface area (Å²) >= 11 is 0. The van der Waals surface area contributed by atoms with E-state index in [0.29, 0.717) is 0 Å². The smallest absolute Gasteiger partial charge is 0.271 e. The van der Waals surface area contributed by atoms with Crippen molar-refractivity contribution in [3.63, 3.8) is 0 Å². The molecule has 4 heteroatoms. The van der Waals surface area contributed by atoms with Crippen LogP contribution < -0.4 is 15.8 Å².